The van der Waals surface area contributed by atoms with Gasteiger partial charge in [-0.1, -0.05) is 52.8 Å². The summed E-state index contributed by atoms with van der Waals surface area (Å²) in [5, 5.41) is 10.0. The first-order valence-electron chi connectivity index (χ1n) is 5.91. The van der Waals surface area contributed by atoms with Gasteiger partial charge < -0.3 is 5.11 Å². The van der Waals surface area contributed by atoms with Crippen LogP contribution in [-0.2, 0) is 0 Å². The van der Waals surface area contributed by atoms with Crippen molar-refractivity contribution in [1.82, 2.24) is 0 Å². The maximum absolute atomic E-state index is 10.0. The zero-order valence-electron chi connectivity index (χ0n) is 10.1. The molecule has 0 saturated carbocycles. The monoisotopic (exact) mass is 322 g/mol. The lowest BCUT2D eigenvalue weighted by molar-refractivity contribution is 0.171. The van der Waals surface area contributed by atoms with Crippen LogP contribution in [0.2, 0.25) is 0 Å². The van der Waals surface area contributed by atoms with E-state index in [1.807, 2.05) is 37.3 Å². The average Bonchev–Trinajstić information content (AvgIpc) is 2.41. The van der Waals surface area contributed by atoms with Crippen LogP contribution in [0.15, 0.2) is 62.8 Å². The molecule has 2 aromatic carbocycles. The quantitative estimate of drug-likeness (QED) is 0.850. The largest absolute Gasteiger partial charge is 0.388 e. The molecule has 3 heteroatoms. The molecule has 0 spiro atoms. The Labute approximate surface area is 120 Å². The minimum atomic E-state index is -0.385. The number of benzene rings is 2. The second kappa shape index (κ2) is 6.41. The van der Waals surface area contributed by atoms with Crippen LogP contribution in [0.3, 0.4) is 0 Å². The minimum Gasteiger partial charge on any atom is -0.388 e. The number of halogens is 1. The Morgan fingerprint density at radius 3 is 2.44 bits per heavy atom. The number of rotatable bonds is 4. The molecule has 2 aromatic rings. The Morgan fingerprint density at radius 1 is 1.11 bits per heavy atom. The molecule has 0 fully saturated rings. The van der Waals surface area contributed by atoms with E-state index in [2.05, 4.69) is 34.1 Å². The number of aliphatic hydroxyl groups excluding tert-OH is 1. The smallest absolute Gasteiger partial charge is 0.0798 e. The van der Waals surface area contributed by atoms with E-state index in [1.54, 1.807) is 11.8 Å². The van der Waals surface area contributed by atoms with Crippen molar-refractivity contribution in [3.8, 4) is 0 Å². The van der Waals surface area contributed by atoms with Gasteiger partial charge in [-0.15, -0.1) is 0 Å². The molecule has 2 rings (SSSR count). The lowest BCUT2D eigenvalue weighted by Gasteiger charge is -2.13. The van der Waals surface area contributed by atoms with Gasteiger partial charge in [0.1, 0.15) is 0 Å². The maximum atomic E-state index is 10.0. The first kappa shape index (κ1) is 13.7. The molecule has 0 aromatic heterocycles. The van der Waals surface area contributed by atoms with Crippen molar-refractivity contribution in [1.29, 1.82) is 0 Å². The molecular weight excluding hydrogens is 308 g/mol. The molecule has 94 valence electrons. The van der Waals surface area contributed by atoms with Crippen LogP contribution in [-0.4, -0.2) is 5.11 Å². The van der Waals surface area contributed by atoms with Crippen molar-refractivity contribution < 1.29 is 5.11 Å². The summed E-state index contributed by atoms with van der Waals surface area (Å²) in [5.74, 6) is 0. The highest BCUT2D eigenvalue weighted by atomic mass is 79.9. The normalized spacial score (nSPS) is 12.4. The topological polar surface area (TPSA) is 20.2 Å². The van der Waals surface area contributed by atoms with E-state index in [4.69, 9.17) is 0 Å². The lowest BCUT2D eigenvalue weighted by atomic mass is 10.1. The molecular formula is C15H15BrOS. The summed E-state index contributed by atoms with van der Waals surface area (Å²) in [7, 11) is 0. The summed E-state index contributed by atoms with van der Waals surface area (Å²) >= 11 is 5.12. The van der Waals surface area contributed by atoms with Gasteiger partial charge in [-0.2, -0.15) is 0 Å². The van der Waals surface area contributed by atoms with E-state index in [0.717, 1.165) is 21.4 Å². The summed E-state index contributed by atoms with van der Waals surface area (Å²) in [6.45, 7) is 1.99. The van der Waals surface area contributed by atoms with Gasteiger partial charge >= 0.3 is 0 Å². The third-order valence-electron chi connectivity index (χ3n) is 2.71. The Hall–Kier alpha value is -0.770. The summed E-state index contributed by atoms with van der Waals surface area (Å²) in [6, 6.07) is 16.2. The van der Waals surface area contributed by atoms with Crippen LogP contribution in [0.1, 0.15) is 25.0 Å². The van der Waals surface area contributed by atoms with Crippen LogP contribution >= 0.6 is 27.7 Å². The SMILES string of the molecule is CC[C@@H](O)c1ccccc1Sc1ccc(Br)cc1. The number of hydrogen-bond acceptors (Lipinski definition) is 2. The van der Waals surface area contributed by atoms with Gasteiger partial charge in [0.25, 0.3) is 0 Å². The van der Waals surface area contributed by atoms with Crippen molar-refractivity contribution in [2.75, 3.05) is 0 Å². The standard InChI is InChI=1S/C15H15BrOS/c1-2-14(17)13-5-3-4-6-15(13)18-12-9-7-11(16)8-10-12/h3-10,14,17H,2H2,1H3/t14-/m1/s1. The third-order valence-corrected chi connectivity index (χ3v) is 4.33. The maximum Gasteiger partial charge on any atom is 0.0798 e. The van der Waals surface area contributed by atoms with Gasteiger partial charge in [0.15, 0.2) is 0 Å². The van der Waals surface area contributed by atoms with Crippen LogP contribution in [0.4, 0.5) is 0 Å². The van der Waals surface area contributed by atoms with E-state index >= 15 is 0 Å². The summed E-state index contributed by atoms with van der Waals surface area (Å²) < 4.78 is 1.08. The van der Waals surface area contributed by atoms with E-state index in [9.17, 15) is 5.11 Å². The zero-order valence-corrected chi connectivity index (χ0v) is 12.5. The van der Waals surface area contributed by atoms with E-state index in [0.29, 0.717) is 0 Å². The summed E-state index contributed by atoms with van der Waals surface area (Å²) in [5.41, 5.74) is 1.01. The predicted molar refractivity (Wildman–Crippen MR) is 80.0 cm³/mol. The Morgan fingerprint density at radius 2 is 1.78 bits per heavy atom. The molecule has 1 N–H and O–H groups in total. The molecule has 0 radical (unpaired) electrons. The molecule has 0 aliphatic heterocycles. The fourth-order valence-electron chi connectivity index (χ4n) is 1.70. The van der Waals surface area contributed by atoms with Gasteiger partial charge in [-0.25, -0.2) is 0 Å². The third kappa shape index (κ3) is 3.37. The second-order valence-corrected chi connectivity index (χ2v) is 6.05. The second-order valence-electron chi connectivity index (χ2n) is 4.02. The molecule has 0 heterocycles. The lowest BCUT2D eigenvalue weighted by Crippen LogP contribution is -1.96. The molecule has 0 amide bonds. The minimum absolute atomic E-state index is 0.385. The molecule has 18 heavy (non-hydrogen) atoms. The zero-order chi connectivity index (χ0) is 13.0. The highest BCUT2D eigenvalue weighted by molar-refractivity contribution is 9.10. The Balaban J connectivity index is 2.26. The highest BCUT2D eigenvalue weighted by Gasteiger charge is 2.10. The average molecular weight is 323 g/mol. The van der Waals surface area contributed by atoms with Crippen LogP contribution in [0.5, 0.6) is 0 Å². The van der Waals surface area contributed by atoms with Gasteiger partial charge in [0.2, 0.25) is 0 Å². The summed E-state index contributed by atoms with van der Waals surface area (Å²) in [4.78, 5) is 2.29. The summed E-state index contributed by atoms with van der Waals surface area (Å²) in [6.07, 6.45) is 0.349. The predicted octanol–water partition coefficient (Wildman–Crippen LogP) is 5.04. The number of aliphatic hydroxyl groups is 1. The Bertz CT molecular complexity index is 510. The molecule has 0 aliphatic rings. The van der Waals surface area contributed by atoms with Crippen LogP contribution in [0, 0.1) is 0 Å². The van der Waals surface area contributed by atoms with Crippen LogP contribution in [0.25, 0.3) is 0 Å². The first-order valence-corrected chi connectivity index (χ1v) is 7.52. The molecule has 0 saturated heterocycles. The fraction of sp³-hybridized carbons (Fsp3) is 0.200. The van der Waals surface area contributed by atoms with Crippen molar-refractivity contribution >= 4 is 27.7 Å². The van der Waals surface area contributed by atoms with E-state index < -0.39 is 0 Å². The van der Waals surface area contributed by atoms with Crippen molar-refractivity contribution in [2.45, 2.75) is 29.2 Å². The van der Waals surface area contributed by atoms with Crippen LogP contribution < -0.4 is 0 Å². The van der Waals surface area contributed by atoms with Crippen molar-refractivity contribution in [2.24, 2.45) is 0 Å². The van der Waals surface area contributed by atoms with Gasteiger partial charge in [0.05, 0.1) is 6.10 Å². The van der Waals surface area contributed by atoms with Gasteiger partial charge in [-0.3, -0.25) is 0 Å². The van der Waals surface area contributed by atoms with Gasteiger partial charge in [0, 0.05) is 14.3 Å². The molecule has 1 atom stereocenters. The Kier molecular flexibility index (Phi) is 4.87. The fourth-order valence-corrected chi connectivity index (χ4v) is 2.96. The molecule has 1 nitrogen and oxygen atoms in total. The first-order chi connectivity index (χ1) is 8.70. The molecule has 0 bridgehead atoms. The van der Waals surface area contributed by atoms with E-state index in [-0.39, 0.29) is 6.10 Å². The van der Waals surface area contributed by atoms with Gasteiger partial charge in [-0.05, 0) is 42.3 Å². The van der Waals surface area contributed by atoms with Crippen molar-refractivity contribution in [3.05, 3.63) is 58.6 Å². The van der Waals surface area contributed by atoms with E-state index in [1.165, 1.54) is 4.90 Å². The highest BCUT2D eigenvalue weighted by Crippen LogP contribution is 2.34. The molecule has 0 aliphatic carbocycles. The molecule has 0 unspecified atom stereocenters. The van der Waals surface area contributed by atoms with Crippen molar-refractivity contribution in [3.63, 3.8) is 0 Å². The number of hydrogen-bond donors (Lipinski definition) is 1.